The number of nitrogens with zero attached hydrogens (tertiary/aromatic N) is 1. The molecule has 14 heavy (non-hydrogen) atoms. The lowest BCUT2D eigenvalue weighted by Crippen LogP contribution is -1.88. The Morgan fingerprint density at radius 2 is 2.21 bits per heavy atom. The smallest absolute Gasteiger partial charge is 0.171 e. The molecule has 2 nitrogen and oxygen atoms in total. The van der Waals surface area contributed by atoms with Crippen LogP contribution in [0.25, 0.3) is 10.9 Å². The molecule has 0 fully saturated rings. The van der Waals surface area contributed by atoms with E-state index in [0.29, 0.717) is 10.9 Å². The normalized spacial score (nSPS) is 10.5. The van der Waals surface area contributed by atoms with Crippen LogP contribution in [-0.2, 0) is 0 Å². The van der Waals surface area contributed by atoms with E-state index in [1.807, 2.05) is 24.3 Å². The van der Waals surface area contributed by atoms with Crippen LogP contribution >= 0.6 is 27.5 Å². The van der Waals surface area contributed by atoms with Crippen LogP contribution in [0, 0.1) is 0 Å². The first-order valence-corrected chi connectivity index (χ1v) is 5.18. The van der Waals surface area contributed by atoms with Crippen LogP contribution in [0.3, 0.4) is 0 Å². The van der Waals surface area contributed by atoms with Crippen molar-refractivity contribution in [2.45, 2.75) is 0 Å². The van der Waals surface area contributed by atoms with Gasteiger partial charge in [-0.05, 0) is 28.1 Å². The number of rotatable bonds is 1. The summed E-state index contributed by atoms with van der Waals surface area (Å²) >= 11 is 9.33. The summed E-state index contributed by atoms with van der Waals surface area (Å²) in [5.41, 5.74) is 0.846. The molecule has 1 aromatic carbocycles. The molecule has 1 aromatic heterocycles. The molecule has 1 heterocycles. The van der Waals surface area contributed by atoms with Crippen molar-refractivity contribution in [3.63, 3.8) is 0 Å². The number of methoxy groups -OCH3 is 1. The zero-order valence-electron chi connectivity index (χ0n) is 7.42. The maximum absolute atomic E-state index is 5.92. The monoisotopic (exact) mass is 271 g/mol. The second-order valence-corrected chi connectivity index (χ2v) is 4.01. The number of fused-ring (bicyclic) bond motifs is 1. The molecule has 0 amide bonds. The average Bonchev–Trinajstić information content (AvgIpc) is 2.19. The first-order valence-electron chi connectivity index (χ1n) is 4.01. The van der Waals surface area contributed by atoms with Crippen molar-refractivity contribution in [3.8, 4) is 5.75 Å². The van der Waals surface area contributed by atoms with Crippen LogP contribution in [0.15, 0.2) is 28.7 Å². The van der Waals surface area contributed by atoms with Gasteiger partial charge in [0.15, 0.2) is 10.9 Å². The minimum atomic E-state index is 0.381. The van der Waals surface area contributed by atoms with Crippen molar-refractivity contribution in [2.24, 2.45) is 0 Å². The van der Waals surface area contributed by atoms with Crippen LogP contribution in [0.2, 0.25) is 5.15 Å². The number of benzene rings is 1. The van der Waals surface area contributed by atoms with Crippen LogP contribution in [0.5, 0.6) is 5.75 Å². The molecule has 4 heteroatoms. The van der Waals surface area contributed by atoms with Gasteiger partial charge >= 0.3 is 0 Å². The molecule has 0 spiro atoms. The molecule has 0 saturated carbocycles. The van der Waals surface area contributed by atoms with Gasteiger partial charge in [0.25, 0.3) is 0 Å². The summed E-state index contributed by atoms with van der Waals surface area (Å²) in [6.07, 6.45) is 0. The van der Waals surface area contributed by atoms with E-state index in [-0.39, 0.29) is 0 Å². The minimum Gasteiger partial charge on any atom is -0.494 e. The van der Waals surface area contributed by atoms with E-state index in [9.17, 15) is 0 Å². The number of ether oxygens (including phenoxy) is 1. The molecule has 0 N–H and O–H groups in total. The van der Waals surface area contributed by atoms with Crippen molar-refractivity contribution < 1.29 is 4.74 Å². The first-order chi connectivity index (χ1) is 6.72. The third kappa shape index (κ3) is 1.57. The van der Waals surface area contributed by atoms with Crippen molar-refractivity contribution in [1.29, 1.82) is 0 Å². The van der Waals surface area contributed by atoms with Gasteiger partial charge in [-0.3, -0.25) is 0 Å². The van der Waals surface area contributed by atoms with Gasteiger partial charge in [0.05, 0.1) is 12.6 Å². The van der Waals surface area contributed by atoms with E-state index in [0.717, 1.165) is 15.4 Å². The maximum Gasteiger partial charge on any atom is 0.171 e. The minimum absolute atomic E-state index is 0.381. The Balaban J connectivity index is 2.79. The highest BCUT2D eigenvalue weighted by molar-refractivity contribution is 9.10. The zero-order valence-corrected chi connectivity index (χ0v) is 9.76. The third-order valence-electron chi connectivity index (χ3n) is 1.94. The Bertz CT molecular complexity index is 487. The SMILES string of the molecule is COc1cc2cccc(Br)c2nc1Cl. The predicted octanol–water partition coefficient (Wildman–Crippen LogP) is 3.66. The highest BCUT2D eigenvalue weighted by Gasteiger charge is 2.06. The molecule has 0 aliphatic heterocycles. The van der Waals surface area contributed by atoms with E-state index < -0.39 is 0 Å². The van der Waals surface area contributed by atoms with Crippen molar-refractivity contribution in [1.82, 2.24) is 4.98 Å². The standard InChI is InChI=1S/C10H7BrClNO/c1-14-8-5-6-3-2-4-7(11)9(6)13-10(8)12/h2-5H,1H3. The van der Waals surface area contributed by atoms with Gasteiger partial charge in [-0.1, -0.05) is 23.7 Å². The molecule has 0 radical (unpaired) electrons. The number of hydrogen-bond donors (Lipinski definition) is 0. The summed E-state index contributed by atoms with van der Waals surface area (Å²) in [5.74, 6) is 0.595. The Morgan fingerprint density at radius 3 is 2.93 bits per heavy atom. The summed E-state index contributed by atoms with van der Waals surface area (Å²) in [6, 6.07) is 7.71. The molecule has 0 aliphatic carbocycles. The fourth-order valence-electron chi connectivity index (χ4n) is 1.26. The summed E-state index contributed by atoms with van der Waals surface area (Å²) in [4.78, 5) is 4.24. The number of aromatic nitrogens is 1. The fraction of sp³-hybridized carbons (Fsp3) is 0.100. The van der Waals surface area contributed by atoms with E-state index in [1.165, 1.54) is 0 Å². The van der Waals surface area contributed by atoms with Crippen LogP contribution in [0.1, 0.15) is 0 Å². The van der Waals surface area contributed by atoms with E-state index >= 15 is 0 Å². The second-order valence-electron chi connectivity index (χ2n) is 2.79. The first kappa shape index (κ1) is 9.74. The lowest BCUT2D eigenvalue weighted by atomic mass is 10.2. The highest BCUT2D eigenvalue weighted by Crippen LogP contribution is 2.30. The Kier molecular flexibility index (Phi) is 2.61. The zero-order chi connectivity index (χ0) is 10.1. The predicted molar refractivity (Wildman–Crippen MR) is 61.0 cm³/mol. The molecule has 2 rings (SSSR count). The van der Waals surface area contributed by atoms with Crippen molar-refractivity contribution in [3.05, 3.63) is 33.9 Å². The van der Waals surface area contributed by atoms with Gasteiger partial charge in [-0.15, -0.1) is 0 Å². The average molecular weight is 273 g/mol. The van der Waals surface area contributed by atoms with Gasteiger partial charge in [0, 0.05) is 9.86 Å². The summed E-state index contributed by atoms with van der Waals surface area (Å²) in [7, 11) is 1.58. The number of hydrogen-bond acceptors (Lipinski definition) is 2. The van der Waals surface area contributed by atoms with E-state index in [1.54, 1.807) is 7.11 Å². The molecule has 72 valence electrons. The van der Waals surface area contributed by atoms with Crippen molar-refractivity contribution >= 4 is 38.4 Å². The quantitative estimate of drug-likeness (QED) is 0.739. The van der Waals surface area contributed by atoms with Crippen LogP contribution in [0.4, 0.5) is 0 Å². The lowest BCUT2D eigenvalue weighted by Gasteiger charge is -2.05. The fourth-order valence-corrected chi connectivity index (χ4v) is 1.95. The lowest BCUT2D eigenvalue weighted by molar-refractivity contribution is 0.414. The molecular weight excluding hydrogens is 265 g/mol. The molecular formula is C10H7BrClNO. The van der Waals surface area contributed by atoms with Gasteiger partial charge in [-0.2, -0.15) is 0 Å². The molecule has 0 unspecified atom stereocenters. The third-order valence-corrected chi connectivity index (χ3v) is 2.85. The molecule has 0 atom stereocenters. The van der Waals surface area contributed by atoms with Gasteiger partial charge in [-0.25, -0.2) is 4.98 Å². The molecule has 0 saturated heterocycles. The molecule has 0 aliphatic rings. The van der Waals surface area contributed by atoms with Crippen molar-refractivity contribution in [2.75, 3.05) is 7.11 Å². The van der Waals surface area contributed by atoms with Crippen LogP contribution in [-0.4, -0.2) is 12.1 Å². The van der Waals surface area contributed by atoms with Crippen LogP contribution < -0.4 is 4.74 Å². The van der Waals surface area contributed by atoms with Gasteiger partial charge in [0.2, 0.25) is 0 Å². The maximum atomic E-state index is 5.92. The number of halogens is 2. The Labute approximate surface area is 95.0 Å². The summed E-state index contributed by atoms with van der Waals surface area (Å²) in [6.45, 7) is 0. The summed E-state index contributed by atoms with van der Waals surface area (Å²) in [5, 5.41) is 1.38. The number of para-hydroxylation sites is 1. The Morgan fingerprint density at radius 1 is 1.43 bits per heavy atom. The Hall–Kier alpha value is -0.800. The topological polar surface area (TPSA) is 22.1 Å². The second kappa shape index (κ2) is 3.75. The van der Waals surface area contributed by atoms with E-state index in [4.69, 9.17) is 16.3 Å². The highest BCUT2D eigenvalue weighted by atomic mass is 79.9. The van der Waals surface area contributed by atoms with Gasteiger partial charge < -0.3 is 4.74 Å². The largest absolute Gasteiger partial charge is 0.494 e. The summed E-state index contributed by atoms with van der Waals surface area (Å²) < 4.78 is 6.01. The molecule has 0 bridgehead atoms. The number of pyridine rings is 1. The molecule has 2 aromatic rings. The van der Waals surface area contributed by atoms with Gasteiger partial charge in [0.1, 0.15) is 0 Å². The van der Waals surface area contributed by atoms with E-state index in [2.05, 4.69) is 20.9 Å².